The minimum Gasteiger partial charge on any atom is -0.333 e. The number of fused-ring (bicyclic) bond motifs is 3. The summed E-state index contributed by atoms with van der Waals surface area (Å²) in [7, 11) is 0. The molecule has 134 valence electrons. The number of benzene rings is 1. The second-order valence-electron chi connectivity index (χ2n) is 7.05. The molecule has 2 heterocycles. The Kier molecular flexibility index (Phi) is 7.57. The molecule has 1 aromatic rings. The lowest BCUT2D eigenvalue weighted by molar-refractivity contribution is -0.140. The average molecular weight is 351 g/mol. The zero-order chi connectivity index (χ0) is 16.1. The van der Waals surface area contributed by atoms with E-state index in [4.69, 9.17) is 0 Å². The predicted octanol–water partition coefficient (Wildman–Crippen LogP) is 4.21. The Bertz CT molecular complexity index is 534. The van der Waals surface area contributed by atoms with Crippen molar-refractivity contribution in [3.8, 4) is 0 Å². The number of hydrogen-bond acceptors (Lipinski definition) is 2. The monoisotopic (exact) mass is 350 g/mol. The highest BCUT2D eigenvalue weighted by atomic mass is 35.5. The summed E-state index contributed by atoms with van der Waals surface area (Å²) in [5.41, 5.74) is 2.81. The first-order valence-corrected chi connectivity index (χ1v) is 9.39. The number of piperazine rings is 1. The van der Waals surface area contributed by atoms with Crippen LogP contribution >= 0.6 is 12.4 Å². The Morgan fingerprint density at radius 1 is 1.08 bits per heavy atom. The van der Waals surface area contributed by atoms with Crippen LogP contribution in [0.1, 0.15) is 62.6 Å². The lowest BCUT2D eigenvalue weighted by Crippen LogP contribution is -2.54. The second-order valence-corrected chi connectivity index (χ2v) is 7.05. The van der Waals surface area contributed by atoms with Gasteiger partial charge in [-0.05, 0) is 30.5 Å². The van der Waals surface area contributed by atoms with E-state index in [1.54, 1.807) is 0 Å². The molecule has 3 nitrogen and oxygen atoms in total. The highest BCUT2D eigenvalue weighted by Crippen LogP contribution is 2.32. The number of nitrogens with zero attached hydrogens (tertiary/aromatic N) is 2. The number of carbonyl (C=O) groups is 1. The van der Waals surface area contributed by atoms with Gasteiger partial charge < -0.3 is 4.90 Å². The minimum absolute atomic E-state index is 0. The van der Waals surface area contributed by atoms with Gasteiger partial charge in [-0.1, -0.05) is 63.3 Å². The first-order chi connectivity index (χ1) is 11.3. The van der Waals surface area contributed by atoms with Crippen LogP contribution in [0.15, 0.2) is 24.3 Å². The van der Waals surface area contributed by atoms with Gasteiger partial charge in [0.15, 0.2) is 0 Å². The zero-order valence-electron chi connectivity index (χ0n) is 14.9. The van der Waals surface area contributed by atoms with Gasteiger partial charge in [0.25, 0.3) is 0 Å². The molecule has 0 aromatic heterocycles. The van der Waals surface area contributed by atoms with E-state index < -0.39 is 0 Å². The molecular weight excluding hydrogens is 320 g/mol. The molecule has 1 saturated heterocycles. The van der Waals surface area contributed by atoms with E-state index in [9.17, 15) is 4.79 Å². The third-order valence-corrected chi connectivity index (χ3v) is 5.35. The van der Waals surface area contributed by atoms with Gasteiger partial charge in [-0.25, -0.2) is 0 Å². The van der Waals surface area contributed by atoms with Crippen LogP contribution in [0.3, 0.4) is 0 Å². The van der Waals surface area contributed by atoms with Crippen LogP contribution in [-0.4, -0.2) is 41.9 Å². The van der Waals surface area contributed by atoms with Gasteiger partial charge in [0, 0.05) is 13.1 Å². The van der Waals surface area contributed by atoms with E-state index in [0.717, 1.165) is 26.1 Å². The molecule has 1 fully saturated rings. The van der Waals surface area contributed by atoms with Crippen LogP contribution in [-0.2, 0) is 11.2 Å². The number of unbranched alkanes of at least 4 members (excludes halogenated alkanes) is 5. The topological polar surface area (TPSA) is 23.6 Å². The van der Waals surface area contributed by atoms with E-state index in [1.165, 1.54) is 49.7 Å². The van der Waals surface area contributed by atoms with Gasteiger partial charge in [-0.2, -0.15) is 0 Å². The van der Waals surface area contributed by atoms with Gasteiger partial charge >= 0.3 is 0 Å². The highest BCUT2D eigenvalue weighted by molar-refractivity contribution is 5.85. The maximum atomic E-state index is 12.5. The van der Waals surface area contributed by atoms with Crippen LogP contribution in [0.25, 0.3) is 0 Å². The highest BCUT2D eigenvalue weighted by Gasteiger charge is 2.36. The summed E-state index contributed by atoms with van der Waals surface area (Å²) in [6.45, 7) is 5.86. The molecule has 0 saturated carbocycles. The third kappa shape index (κ3) is 4.52. The lowest BCUT2D eigenvalue weighted by Gasteiger charge is -2.44. The Morgan fingerprint density at radius 2 is 1.83 bits per heavy atom. The number of halogens is 1. The largest absolute Gasteiger partial charge is 0.333 e. The van der Waals surface area contributed by atoms with E-state index >= 15 is 0 Å². The van der Waals surface area contributed by atoms with Crippen LogP contribution in [0.5, 0.6) is 0 Å². The van der Waals surface area contributed by atoms with E-state index in [2.05, 4.69) is 41.0 Å². The molecule has 1 atom stereocenters. The fraction of sp³-hybridized carbons (Fsp3) is 0.650. The van der Waals surface area contributed by atoms with Gasteiger partial charge in [0.2, 0.25) is 5.91 Å². The maximum absolute atomic E-state index is 12.5. The predicted molar refractivity (Wildman–Crippen MR) is 102 cm³/mol. The smallest absolute Gasteiger partial charge is 0.237 e. The van der Waals surface area contributed by atoms with Crippen molar-refractivity contribution in [2.24, 2.45) is 0 Å². The first kappa shape index (κ1) is 19.3. The molecule has 1 aromatic carbocycles. The normalized spacial score (nSPS) is 20.3. The molecule has 1 unspecified atom stereocenters. The van der Waals surface area contributed by atoms with Crippen molar-refractivity contribution >= 4 is 18.3 Å². The molecule has 2 aliphatic rings. The summed E-state index contributed by atoms with van der Waals surface area (Å²) in [4.78, 5) is 17.0. The van der Waals surface area contributed by atoms with Crippen molar-refractivity contribution < 1.29 is 4.79 Å². The molecule has 0 radical (unpaired) electrons. The van der Waals surface area contributed by atoms with E-state index in [-0.39, 0.29) is 18.4 Å². The number of carbonyl (C=O) groups excluding carboxylic acids is 1. The maximum Gasteiger partial charge on any atom is 0.237 e. The summed E-state index contributed by atoms with van der Waals surface area (Å²) in [6.07, 6.45) is 8.90. The van der Waals surface area contributed by atoms with Crippen LogP contribution in [0.2, 0.25) is 0 Å². The zero-order valence-corrected chi connectivity index (χ0v) is 15.7. The van der Waals surface area contributed by atoms with E-state index in [0.29, 0.717) is 12.5 Å². The van der Waals surface area contributed by atoms with Gasteiger partial charge in [0.1, 0.15) is 0 Å². The molecule has 3 rings (SSSR count). The molecule has 4 heteroatoms. The Labute approximate surface area is 152 Å². The van der Waals surface area contributed by atoms with Crippen molar-refractivity contribution in [2.75, 3.05) is 26.2 Å². The van der Waals surface area contributed by atoms with Crippen LogP contribution < -0.4 is 0 Å². The summed E-state index contributed by atoms with van der Waals surface area (Å²) in [5.74, 6) is 0.321. The van der Waals surface area contributed by atoms with Crippen molar-refractivity contribution in [2.45, 2.75) is 57.9 Å². The summed E-state index contributed by atoms with van der Waals surface area (Å²) in [6, 6.07) is 8.95. The van der Waals surface area contributed by atoms with Crippen LogP contribution in [0, 0.1) is 0 Å². The molecule has 2 aliphatic heterocycles. The van der Waals surface area contributed by atoms with Gasteiger partial charge in [-0.3, -0.25) is 9.69 Å². The van der Waals surface area contributed by atoms with Crippen molar-refractivity contribution in [3.05, 3.63) is 35.4 Å². The summed E-state index contributed by atoms with van der Waals surface area (Å²) >= 11 is 0. The second kappa shape index (κ2) is 9.43. The van der Waals surface area contributed by atoms with Crippen molar-refractivity contribution in [1.82, 2.24) is 9.80 Å². The number of hydrogen-bond donors (Lipinski definition) is 0. The first-order valence-electron chi connectivity index (χ1n) is 9.39. The molecule has 0 N–H and O–H groups in total. The average Bonchev–Trinajstić information content (AvgIpc) is 2.58. The Morgan fingerprint density at radius 3 is 2.67 bits per heavy atom. The van der Waals surface area contributed by atoms with Crippen molar-refractivity contribution in [1.29, 1.82) is 0 Å². The SMILES string of the molecule is CCCCCCCCN1CC(=O)N2CCc3ccccc3C2C1.Cl. The number of rotatable bonds is 7. The Hall–Kier alpha value is -1.06. The lowest BCUT2D eigenvalue weighted by atomic mass is 9.90. The standard InChI is InChI=1S/C20H30N2O.ClH/c1-2-3-4-5-6-9-13-21-15-19-18-11-8-7-10-17(18)12-14-22(19)20(23)16-21;/h7-8,10-11,19H,2-6,9,12-16H2,1H3;1H. The fourth-order valence-electron chi connectivity index (χ4n) is 4.02. The quantitative estimate of drug-likeness (QED) is 0.688. The molecule has 24 heavy (non-hydrogen) atoms. The third-order valence-electron chi connectivity index (χ3n) is 5.35. The summed E-state index contributed by atoms with van der Waals surface area (Å²) < 4.78 is 0. The Balaban J connectivity index is 0.00000208. The van der Waals surface area contributed by atoms with E-state index in [1.807, 2.05) is 0 Å². The molecule has 0 bridgehead atoms. The molecule has 0 spiro atoms. The number of amides is 1. The molecular formula is C20H31ClN2O. The van der Waals surface area contributed by atoms with Gasteiger partial charge in [-0.15, -0.1) is 12.4 Å². The minimum atomic E-state index is 0. The molecule has 0 aliphatic carbocycles. The fourth-order valence-corrected chi connectivity index (χ4v) is 4.02. The summed E-state index contributed by atoms with van der Waals surface area (Å²) in [5, 5.41) is 0. The van der Waals surface area contributed by atoms with Crippen LogP contribution in [0.4, 0.5) is 0 Å². The van der Waals surface area contributed by atoms with Crippen molar-refractivity contribution in [3.63, 3.8) is 0 Å². The van der Waals surface area contributed by atoms with Gasteiger partial charge in [0.05, 0.1) is 12.6 Å². The molecule has 1 amide bonds.